The maximum Gasteiger partial charge on any atom is 0.242 e. The first kappa shape index (κ1) is 19.2. The van der Waals surface area contributed by atoms with Crippen LogP contribution in [0.5, 0.6) is 0 Å². The van der Waals surface area contributed by atoms with Crippen LogP contribution in [0.4, 0.5) is 0 Å². The van der Waals surface area contributed by atoms with Crippen LogP contribution in [0.2, 0.25) is 0 Å². The van der Waals surface area contributed by atoms with Crippen LogP contribution in [0, 0.1) is 10.8 Å². The fourth-order valence-corrected chi connectivity index (χ4v) is 6.15. The van der Waals surface area contributed by atoms with E-state index in [1.807, 2.05) is 0 Å². The number of Topliss-reactive ketones (excluding diaryl/α,β-unsaturated/α-hetero) is 1. The van der Waals surface area contributed by atoms with Crippen molar-refractivity contribution in [3.63, 3.8) is 0 Å². The molecule has 6 N–H and O–H groups in total. The van der Waals surface area contributed by atoms with Gasteiger partial charge in [0.25, 0.3) is 0 Å². The minimum absolute atomic E-state index is 0.251. The summed E-state index contributed by atoms with van der Waals surface area (Å²) in [6.45, 7) is 6.48. The predicted molar refractivity (Wildman–Crippen MR) is 90.0 cm³/mol. The average molecular weight is 358 g/mol. The Hall–Kier alpha value is -0.570. The number of aliphatic hydroxyl groups is 4. The molecule has 4 aliphatic rings. The Morgan fingerprint density at radius 2 is 1.44 bits per heavy atom. The highest BCUT2D eigenvalue weighted by atomic mass is 16.4. The lowest BCUT2D eigenvalue weighted by molar-refractivity contribution is -1.17. The predicted octanol–water partition coefficient (Wildman–Crippen LogP) is -3.66. The van der Waals surface area contributed by atoms with Crippen molar-refractivity contribution in [2.75, 3.05) is 32.8 Å². The summed E-state index contributed by atoms with van der Waals surface area (Å²) in [4.78, 5) is 15.7. The van der Waals surface area contributed by atoms with Crippen LogP contribution < -0.4 is 9.80 Å². The highest BCUT2D eigenvalue weighted by molar-refractivity contribution is 5.92. The molecule has 4 fully saturated rings. The lowest BCUT2D eigenvalue weighted by atomic mass is 9.57. The molecule has 4 saturated heterocycles. The maximum absolute atomic E-state index is 13.4. The molecule has 0 spiro atoms. The second-order valence-electron chi connectivity index (χ2n) is 8.62. The van der Waals surface area contributed by atoms with Gasteiger partial charge in [-0.05, 0) is 12.8 Å². The van der Waals surface area contributed by atoms with E-state index in [0.717, 1.165) is 25.7 Å². The second kappa shape index (κ2) is 6.87. The first-order chi connectivity index (χ1) is 11.8. The van der Waals surface area contributed by atoms with Gasteiger partial charge in [-0.1, -0.05) is 26.7 Å². The van der Waals surface area contributed by atoms with Gasteiger partial charge in [-0.3, -0.25) is 14.6 Å². The van der Waals surface area contributed by atoms with E-state index in [1.165, 1.54) is 9.80 Å². The minimum Gasteiger partial charge on any atom is -0.394 e. The molecule has 0 aromatic rings. The Morgan fingerprint density at radius 3 is 1.80 bits per heavy atom. The quantitative estimate of drug-likeness (QED) is 0.268. The summed E-state index contributed by atoms with van der Waals surface area (Å²) in [6.07, 6.45) is -0.374. The molecule has 0 aliphatic carbocycles. The molecule has 0 unspecified atom stereocenters. The van der Waals surface area contributed by atoms with Crippen molar-refractivity contribution in [2.45, 2.75) is 64.0 Å². The minimum atomic E-state index is -1.37. The first-order valence-electron chi connectivity index (χ1n) is 9.73. The van der Waals surface area contributed by atoms with Crippen molar-refractivity contribution in [1.29, 1.82) is 0 Å². The molecule has 7 nitrogen and oxygen atoms in total. The number of carbonyl (C=O) groups is 1. The van der Waals surface area contributed by atoms with Gasteiger partial charge in [0.05, 0.1) is 6.61 Å². The molecule has 0 saturated carbocycles. The van der Waals surface area contributed by atoms with E-state index in [-0.39, 0.29) is 17.0 Å². The van der Waals surface area contributed by atoms with Gasteiger partial charge in [-0.2, -0.15) is 0 Å². The van der Waals surface area contributed by atoms with E-state index in [1.54, 1.807) is 0 Å². The van der Waals surface area contributed by atoms with Crippen molar-refractivity contribution in [1.82, 2.24) is 0 Å². The lowest BCUT2D eigenvalue weighted by Gasteiger charge is -2.61. The number of carbonyl (C=O) groups excluding carboxylic acids is 1. The summed E-state index contributed by atoms with van der Waals surface area (Å²) in [5.74, 6) is 0.431. The monoisotopic (exact) mass is 358 g/mol. The normalized spacial score (nSPS) is 43.3. The van der Waals surface area contributed by atoms with E-state index in [0.29, 0.717) is 32.0 Å². The Bertz CT molecular complexity index is 470. The zero-order valence-electron chi connectivity index (χ0n) is 15.4. The maximum atomic E-state index is 13.4. The van der Waals surface area contributed by atoms with E-state index in [9.17, 15) is 20.1 Å². The van der Waals surface area contributed by atoms with Gasteiger partial charge in [0, 0.05) is 0 Å². The van der Waals surface area contributed by atoms with Crippen LogP contribution in [0.1, 0.15) is 39.5 Å². The third-order valence-corrected chi connectivity index (χ3v) is 6.83. The van der Waals surface area contributed by atoms with Crippen molar-refractivity contribution >= 4 is 5.78 Å². The Balaban J connectivity index is 1.89. The summed E-state index contributed by atoms with van der Waals surface area (Å²) in [5, 5.41) is 39.7. The number of piperidine rings is 2. The zero-order chi connectivity index (χ0) is 18.4. The molecule has 4 bridgehead atoms. The standard InChI is InChI=1S/C18H32N2O5/c1-3-5-17-8-19-10-18(6-4-2,16(17)25)11-20(9-17)15(19)14(24)13(23)12(22)7-21/h12-15,21-24H,3-11H2,1-2H3/p+2/t12-,13-,14+,15?,17?,18?/m1/s1. The number of rotatable bonds is 8. The second-order valence-corrected chi connectivity index (χ2v) is 8.62. The van der Waals surface area contributed by atoms with E-state index >= 15 is 0 Å². The fourth-order valence-electron chi connectivity index (χ4n) is 6.15. The van der Waals surface area contributed by atoms with Crippen LogP contribution in [-0.2, 0) is 4.79 Å². The number of ketones is 1. The van der Waals surface area contributed by atoms with Crippen molar-refractivity contribution in [2.24, 2.45) is 10.8 Å². The van der Waals surface area contributed by atoms with Gasteiger partial charge in [-0.15, -0.1) is 0 Å². The Kier molecular flexibility index (Phi) is 5.27. The number of aliphatic hydroxyl groups excluding tert-OH is 4. The molecule has 0 amide bonds. The van der Waals surface area contributed by atoms with Gasteiger partial charge in [-0.25, -0.2) is 0 Å². The van der Waals surface area contributed by atoms with Crippen molar-refractivity contribution in [3.05, 3.63) is 0 Å². The van der Waals surface area contributed by atoms with Crippen LogP contribution >= 0.6 is 0 Å². The number of nitrogens with one attached hydrogen (secondary N) is 2. The zero-order valence-corrected chi connectivity index (χ0v) is 15.4. The highest BCUT2D eigenvalue weighted by Crippen LogP contribution is 2.41. The summed E-state index contributed by atoms with van der Waals surface area (Å²) in [7, 11) is 0. The number of quaternary nitrogens is 2. The molecular formula is C18H34N2O5+2. The molecule has 0 radical (unpaired) electrons. The number of hydrogen-bond donors (Lipinski definition) is 6. The molecule has 0 aromatic heterocycles. The van der Waals surface area contributed by atoms with Gasteiger partial charge >= 0.3 is 0 Å². The third-order valence-electron chi connectivity index (χ3n) is 6.83. The molecule has 3 atom stereocenters. The molecule has 4 aliphatic heterocycles. The van der Waals surface area contributed by atoms with Crippen LogP contribution in [0.3, 0.4) is 0 Å². The van der Waals surface area contributed by atoms with Crippen molar-refractivity contribution < 1.29 is 35.0 Å². The Labute approximate surface area is 149 Å². The molecule has 4 rings (SSSR count). The van der Waals surface area contributed by atoms with Gasteiger partial charge < -0.3 is 20.4 Å². The Morgan fingerprint density at radius 1 is 1.00 bits per heavy atom. The number of hydrogen-bond acceptors (Lipinski definition) is 5. The first-order valence-corrected chi connectivity index (χ1v) is 9.73. The molecule has 4 heterocycles. The molecule has 25 heavy (non-hydrogen) atoms. The average Bonchev–Trinajstić information content (AvgIpc) is 2.57. The fraction of sp³-hybridized carbons (Fsp3) is 0.944. The van der Waals surface area contributed by atoms with E-state index in [2.05, 4.69) is 13.8 Å². The van der Waals surface area contributed by atoms with Crippen LogP contribution in [0.25, 0.3) is 0 Å². The van der Waals surface area contributed by atoms with Gasteiger partial charge in [0.1, 0.15) is 49.2 Å². The molecule has 7 heteroatoms. The largest absolute Gasteiger partial charge is 0.394 e. The van der Waals surface area contributed by atoms with Crippen LogP contribution in [0.15, 0.2) is 0 Å². The molecular weight excluding hydrogens is 324 g/mol. The summed E-state index contributed by atoms with van der Waals surface area (Å²) < 4.78 is 0. The van der Waals surface area contributed by atoms with E-state index < -0.39 is 24.9 Å². The highest BCUT2D eigenvalue weighted by Gasteiger charge is 2.71. The van der Waals surface area contributed by atoms with E-state index in [4.69, 9.17) is 5.11 Å². The summed E-state index contributed by atoms with van der Waals surface area (Å²) in [5.41, 5.74) is -0.607. The third kappa shape index (κ3) is 2.85. The summed E-state index contributed by atoms with van der Waals surface area (Å²) in [6, 6.07) is 0. The smallest absolute Gasteiger partial charge is 0.242 e. The van der Waals surface area contributed by atoms with Gasteiger partial charge in [0.15, 0.2) is 11.9 Å². The molecule has 0 aromatic carbocycles. The van der Waals surface area contributed by atoms with Gasteiger partial charge in [0.2, 0.25) is 6.17 Å². The van der Waals surface area contributed by atoms with Crippen LogP contribution in [-0.4, -0.2) is 83.5 Å². The van der Waals surface area contributed by atoms with Crippen molar-refractivity contribution in [3.8, 4) is 0 Å². The SMILES string of the molecule is CCCC12C[NH+]3CC(CCC)(C[NH+](C1)C3[C@@H](O)[C@H](O)[C@H](O)CO)C2=O. The topological polar surface area (TPSA) is 107 Å². The summed E-state index contributed by atoms with van der Waals surface area (Å²) >= 11 is 0. The lowest BCUT2D eigenvalue weighted by Crippen LogP contribution is -3.46. The molecule has 144 valence electrons.